The first-order valence-electron chi connectivity index (χ1n) is 7.14. The van der Waals surface area contributed by atoms with Gasteiger partial charge in [0.05, 0.1) is 30.1 Å². The second-order valence-electron chi connectivity index (χ2n) is 5.32. The van der Waals surface area contributed by atoms with Crippen LogP contribution < -0.4 is 5.32 Å². The number of hydrogen-bond donors (Lipinski definition) is 1. The summed E-state index contributed by atoms with van der Waals surface area (Å²) in [6, 6.07) is 10.5. The summed E-state index contributed by atoms with van der Waals surface area (Å²) in [6.07, 6.45) is 6.73. The maximum absolute atomic E-state index is 4.38. The van der Waals surface area contributed by atoms with Crippen LogP contribution in [0.1, 0.15) is 11.3 Å². The van der Waals surface area contributed by atoms with Gasteiger partial charge in [-0.1, -0.05) is 18.2 Å². The van der Waals surface area contributed by atoms with Crippen LogP contribution in [0.2, 0.25) is 0 Å². The molecule has 1 aliphatic rings. The number of fused-ring (bicyclic) bond motifs is 1. The summed E-state index contributed by atoms with van der Waals surface area (Å²) in [6.45, 7) is 3.00. The van der Waals surface area contributed by atoms with E-state index in [1.54, 1.807) is 0 Å². The molecule has 0 unspecified atom stereocenters. The minimum Gasteiger partial charge on any atom is -0.384 e. The predicted octanol–water partition coefficient (Wildman–Crippen LogP) is 3.21. The van der Waals surface area contributed by atoms with Crippen LogP contribution in [-0.2, 0) is 6.42 Å². The number of pyridine rings is 1. The molecule has 0 amide bonds. The van der Waals surface area contributed by atoms with Gasteiger partial charge in [0, 0.05) is 23.5 Å². The maximum atomic E-state index is 4.38. The van der Waals surface area contributed by atoms with Crippen LogP contribution in [0.4, 0.5) is 5.69 Å². The summed E-state index contributed by atoms with van der Waals surface area (Å²) < 4.78 is 2.09. The molecule has 3 aromatic rings. The van der Waals surface area contributed by atoms with Gasteiger partial charge in [-0.05, 0) is 31.0 Å². The lowest BCUT2D eigenvalue weighted by atomic mass is 10.1. The highest BCUT2D eigenvalue weighted by atomic mass is 15.1. The Morgan fingerprint density at radius 2 is 2.10 bits per heavy atom. The molecule has 0 radical (unpaired) electrons. The van der Waals surface area contributed by atoms with E-state index < -0.39 is 0 Å². The number of nitrogens with zero attached hydrogens (tertiary/aromatic N) is 3. The number of aromatic nitrogens is 3. The van der Waals surface area contributed by atoms with E-state index in [1.165, 1.54) is 16.8 Å². The smallest absolute Gasteiger partial charge is 0.0997 e. The Hall–Kier alpha value is -2.62. The van der Waals surface area contributed by atoms with Crippen LogP contribution in [0.5, 0.6) is 0 Å². The van der Waals surface area contributed by atoms with Crippen molar-refractivity contribution in [3.63, 3.8) is 0 Å². The molecule has 0 spiro atoms. The van der Waals surface area contributed by atoms with Crippen molar-refractivity contribution in [2.45, 2.75) is 13.3 Å². The van der Waals surface area contributed by atoms with Crippen molar-refractivity contribution in [3.8, 4) is 16.9 Å². The number of benzene rings is 1. The van der Waals surface area contributed by atoms with Gasteiger partial charge in [-0.3, -0.25) is 9.55 Å². The molecule has 3 heterocycles. The van der Waals surface area contributed by atoms with E-state index in [4.69, 9.17) is 0 Å². The Kier molecular flexibility index (Phi) is 2.74. The highest BCUT2D eigenvalue weighted by molar-refractivity contribution is 5.80. The van der Waals surface area contributed by atoms with E-state index in [0.717, 1.165) is 30.0 Å². The predicted molar refractivity (Wildman–Crippen MR) is 83.7 cm³/mol. The third-order valence-corrected chi connectivity index (χ3v) is 3.94. The fourth-order valence-electron chi connectivity index (χ4n) is 2.86. The summed E-state index contributed by atoms with van der Waals surface area (Å²) in [5.74, 6) is 0. The van der Waals surface area contributed by atoms with E-state index in [1.807, 2.05) is 31.7 Å². The quantitative estimate of drug-likeness (QED) is 0.781. The Bertz CT molecular complexity index is 787. The largest absolute Gasteiger partial charge is 0.384 e. The third kappa shape index (κ3) is 2.00. The van der Waals surface area contributed by atoms with Crippen molar-refractivity contribution in [1.82, 2.24) is 14.5 Å². The molecule has 2 aromatic heterocycles. The molecule has 1 aliphatic heterocycles. The fraction of sp³-hybridized carbons (Fsp3) is 0.176. The second kappa shape index (κ2) is 4.74. The van der Waals surface area contributed by atoms with Gasteiger partial charge in [0.2, 0.25) is 0 Å². The summed E-state index contributed by atoms with van der Waals surface area (Å²) in [7, 11) is 0. The number of para-hydroxylation sites is 1. The van der Waals surface area contributed by atoms with Crippen LogP contribution in [-0.4, -0.2) is 21.1 Å². The molecular formula is C17H16N4. The summed E-state index contributed by atoms with van der Waals surface area (Å²) in [5.41, 5.74) is 6.95. The van der Waals surface area contributed by atoms with E-state index in [9.17, 15) is 0 Å². The zero-order chi connectivity index (χ0) is 14.2. The Morgan fingerprint density at radius 1 is 1.14 bits per heavy atom. The van der Waals surface area contributed by atoms with Gasteiger partial charge < -0.3 is 5.32 Å². The van der Waals surface area contributed by atoms with Crippen LogP contribution in [0.25, 0.3) is 16.9 Å². The van der Waals surface area contributed by atoms with Crippen molar-refractivity contribution < 1.29 is 0 Å². The van der Waals surface area contributed by atoms with E-state index in [0.29, 0.717) is 0 Å². The molecule has 0 atom stereocenters. The number of anilines is 1. The first-order chi connectivity index (χ1) is 10.3. The Balaban J connectivity index is 1.86. The van der Waals surface area contributed by atoms with Gasteiger partial charge >= 0.3 is 0 Å². The monoisotopic (exact) mass is 276 g/mol. The lowest BCUT2D eigenvalue weighted by molar-refractivity contribution is 1.03. The molecule has 1 N–H and O–H groups in total. The number of aryl methyl sites for hydroxylation is 1. The molecule has 4 rings (SSSR count). The minimum atomic E-state index is 1.01. The summed E-state index contributed by atoms with van der Waals surface area (Å²) in [4.78, 5) is 8.71. The topological polar surface area (TPSA) is 42.7 Å². The Morgan fingerprint density at radius 3 is 2.95 bits per heavy atom. The summed E-state index contributed by atoms with van der Waals surface area (Å²) >= 11 is 0. The maximum Gasteiger partial charge on any atom is 0.0997 e. The van der Waals surface area contributed by atoms with E-state index >= 15 is 0 Å². The Labute approximate surface area is 123 Å². The van der Waals surface area contributed by atoms with Crippen LogP contribution in [0, 0.1) is 6.92 Å². The molecule has 104 valence electrons. The molecule has 0 fully saturated rings. The second-order valence-corrected chi connectivity index (χ2v) is 5.32. The standard InChI is InChI=1S/C17H16N4/c1-12-5-6-14(9-20-12)21-11-18-10-16(21)15-4-2-3-13-7-8-19-17(13)15/h2-6,9-11,19H,7-8H2,1H3. The molecule has 1 aromatic carbocycles. The minimum absolute atomic E-state index is 1.01. The normalized spacial score (nSPS) is 13.0. The van der Waals surface area contributed by atoms with Crippen LogP contribution in [0.3, 0.4) is 0 Å². The van der Waals surface area contributed by atoms with Crippen LogP contribution >= 0.6 is 0 Å². The van der Waals surface area contributed by atoms with Crippen molar-refractivity contribution >= 4 is 5.69 Å². The summed E-state index contributed by atoms with van der Waals surface area (Å²) in [5, 5.41) is 3.49. The molecule has 0 bridgehead atoms. The molecule has 4 heteroatoms. The first kappa shape index (κ1) is 12.1. The van der Waals surface area contributed by atoms with Gasteiger partial charge in [0.25, 0.3) is 0 Å². The first-order valence-corrected chi connectivity index (χ1v) is 7.14. The van der Waals surface area contributed by atoms with Gasteiger partial charge in [0.15, 0.2) is 0 Å². The average Bonchev–Trinajstić information content (AvgIpc) is 3.16. The van der Waals surface area contributed by atoms with Crippen molar-refractivity contribution in [1.29, 1.82) is 0 Å². The highest BCUT2D eigenvalue weighted by Crippen LogP contribution is 2.34. The van der Waals surface area contributed by atoms with Gasteiger partial charge in [-0.25, -0.2) is 4.98 Å². The van der Waals surface area contributed by atoms with Gasteiger partial charge in [0.1, 0.15) is 0 Å². The van der Waals surface area contributed by atoms with Crippen LogP contribution in [0.15, 0.2) is 49.1 Å². The van der Waals surface area contributed by atoms with Crippen molar-refractivity contribution in [3.05, 3.63) is 60.3 Å². The number of nitrogens with one attached hydrogen (secondary N) is 1. The molecule has 4 nitrogen and oxygen atoms in total. The lowest BCUT2D eigenvalue weighted by Crippen LogP contribution is -1.99. The lowest BCUT2D eigenvalue weighted by Gasteiger charge is -2.12. The molecule has 21 heavy (non-hydrogen) atoms. The SMILES string of the molecule is Cc1ccc(-n2cncc2-c2cccc3c2NCC3)cn1. The molecular weight excluding hydrogens is 260 g/mol. The number of imidazole rings is 1. The number of hydrogen-bond acceptors (Lipinski definition) is 3. The zero-order valence-electron chi connectivity index (χ0n) is 11.9. The van der Waals surface area contributed by atoms with Crippen molar-refractivity contribution in [2.24, 2.45) is 0 Å². The highest BCUT2D eigenvalue weighted by Gasteiger charge is 2.17. The molecule has 0 saturated heterocycles. The van der Waals surface area contributed by atoms with Crippen molar-refractivity contribution in [2.75, 3.05) is 11.9 Å². The average molecular weight is 276 g/mol. The van der Waals surface area contributed by atoms with Gasteiger partial charge in [-0.2, -0.15) is 0 Å². The molecule has 0 saturated carbocycles. The van der Waals surface area contributed by atoms with Gasteiger partial charge in [-0.15, -0.1) is 0 Å². The van der Waals surface area contributed by atoms with E-state index in [2.05, 4.69) is 44.1 Å². The number of rotatable bonds is 2. The third-order valence-electron chi connectivity index (χ3n) is 3.94. The fourth-order valence-corrected chi connectivity index (χ4v) is 2.86. The molecule has 0 aliphatic carbocycles. The van der Waals surface area contributed by atoms with E-state index in [-0.39, 0.29) is 0 Å². The zero-order valence-corrected chi connectivity index (χ0v) is 11.9.